The second-order valence-electron chi connectivity index (χ2n) is 10.8. The number of hydrogen-bond acceptors (Lipinski definition) is 5. The van der Waals surface area contributed by atoms with Gasteiger partial charge in [-0.25, -0.2) is 0 Å². The van der Waals surface area contributed by atoms with E-state index in [9.17, 15) is 9.59 Å². The number of pyridine rings is 1. The Morgan fingerprint density at radius 3 is 2.55 bits per heavy atom. The Labute approximate surface area is 224 Å². The quantitative estimate of drug-likeness (QED) is 0.332. The van der Waals surface area contributed by atoms with E-state index in [1.165, 1.54) is 5.56 Å². The van der Waals surface area contributed by atoms with Gasteiger partial charge in [-0.05, 0) is 73.7 Å². The van der Waals surface area contributed by atoms with Crippen molar-refractivity contribution in [3.63, 3.8) is 0 Å². The Morgan fingerprint density at radius 1 is 1.13 bits per heavy atom. The van der Waals surface area contributed by atoms with Gasteiger partial charge in [-0.15, -0.1) is 0 Å². The van der Waals surface area contributed by atoms with Crippen molar-refractivity contribution in [2.45, 2.75) is 52.2 Å². The summed E-state index contributed by atoms with van der Waals surface area (Å²) in [4.78, 5) is 31.1. The molecule has 38 heavy (non-hydrogen) atoms. The topological polar surface area (TPSA) is 71.6 Å². The summed E-state index contributed by atoms with van der Waals surface area (Å²) in [6.45, 7) is 14.1. The number of fused-ring (bicyclic) bond motifs is 1. The number of carbonyl (C=O) groups is 1. The van der Waals surface area contributed by atoms with Gasteiger partial charge in [0.2, 0.25) is 0 Å². The fourth-order valence-electron chi connectivity index (χ4n) is 5.46. The van der Waals surface area contributed by atoms with Gasteiger partial charge >= 0.3 is 0 Å². The van der Waals surface area contributed by atoms with Gasteiger partial charge in [-0.1, -0.05) is 30.8 Å². The minimum atomic E-state index is -0.513. The van der Waals surface area contributed by atoms with Crippen LogP contribution < -0.4 is 10.3 Å². The Kier molecular flexibility index (Phi) is 7.37. The van der Waals surface area contributed by atoms with Crippen molar-refractivity contribution in [1.82, 2.24) is 9.88 Å². The summed E-state index contributed by atoms with van der Waals surface area (Å²) in [5.41, 5.74) is 6.62. The summed E-state index contributed by atoms with van der Waals surface area (Å²) in [6.07, 6.45) is 3.16. The lowest BCUT2D eigenvalue weighted by molar-refractivity contribution is 0.0342. The van der Waals surface area contributed by atoms with E-state index in [0.29, 0.717) is 24.0 Å². The van der Waals surface area contributed by atoms with Gasteiger partial charge in [0.15, 0.2) is 5.78 Å². The highest BCUT2D eigenvalue weighted by atomic mass is 16.5. The van der Waals surface area contributed by atoms with Crippen molar-refractivity contribution in [2.75, 3.05) is 26.3 Å². The number of aromatic amines is 1. The first kappa shape index (κ1) is 26.1. The van der Waals surface area contributed by atoms with Crippen molar-refractivity contribution in [1.29, 1.82) is 0 Å². The van der Waals surface area contributed by atoms with Gasteiger partial charge in [-0.2, -0.15) is 0 Å². The van der Waals surface area contributed by atoms with Gasteiger partial charge in [0.1, 0.15) is 11.4 Å². The van der Waals surface area contributed by atoms with Crippen LogP contribution in [0.4, 0.5) is 0 Å². The first-order valence-corrected chi connectivity index (χ1v) is 13.4. The van der Waals surface area contributed by atoms with Crippen molar-refractivity contribution >= 4 is 5.78 Å². The van der Waals surface area contributed by atoms with Crippen LogP contribution in [0.15, 0.2) is 59.9 Å². The number of nitrogens with one attached hydrogen (secondary N) is 1. The van der Waals surface area contributed by atoms with E-state index in [2.05, 4.69) is 40.7 Å². The van der Waals surface area contributed by atoms with Gasteiger partial charge < -0.3 is 14.5 Å². The average molecular weight is 513 g/mol. The van der Waals surface area contributed by atoms with E-state index in [0.717, 1.165) is 66.5 Å². The molecule has 0 amide bonds. The van der Waals surface area contributed by atoms with Crippen molar-refractivity contribution in [3.8, 4) is 16.9 Å². The van der Waals surface area contributed by atoms with Crippen molar-refractivity contribution < 1.29 is 14.3 Å². The highest BCUT2D eigenvalue weighted by Crippen LogP contribution is 2.44. The molecule has 1 N–H and O–H groups in total. The van der Waals surface area contributed by atoms with Crippen LogP contribution in [0.25, 0.3) is 11.1 Å². The molecule has 5 rings (SSSR count). The van der Waals surface area contributed by atoms with Crippen LogP contribution in [0.2, 0.25) is 0 Å². The molecule has 0 radical (unpaired) electrons. The summed E-state index contributed by atoms with van der Waals surface area (Å²) in [6, 6.07) is 14.4. The van der Waals surface area contributed by atoms with E-state index >= 15 is 0 Å². The van der Waals surface area contributed by atoms with Crippen molar-refractivity contribution in [3.05, 3.63) is 99.0 Å². The number of ketones is 1. The third-order valence-electron chi connectivity index (χ3n) is 7.67. The normalized spacial score (nSPS) is 19.1. The van der Waals surface area contributed by atoms with Crippen LogP contribution in [-0.2, 0) is 24.1 Å². The molecule has 3 aromatic rings. The summed E-state index contributed by atoms with van der Waals surface area (Å²) in [5.74, 6) is 0.834. The van der Waals surface area contributed by atoms with E-state index < -0.39 is 5.60 Å². The molecule has 1 fully saturated rings. The van der Waals surface area contributed by atoms with Gasteiger partial charge in [0.25, 0.3) is 5.56 Å². The number of morpholine rings is 1. The number of nitrogens with zero attached hydrogens (tertiary/aromatic N) is 1. The van der Waals surface area contributed by atoms with Crippen LogP contribution >= 0.6 is 0 Å². The molecule has 0 bridgehead atoms. The van der Waals surface area contributed by atoms with E-state index in [1.807, 2.05) is 45.0 Å². The number of hydrogen-bond donors (Lipinski definition) is 1. The Morgan fingerprint density at radius 2 is 1.87 bits per heavy atom. The van der Waals surface area contributed by atoms with Crippen LogP contribution in [0.1, 0.15) is 51.7 Å². The van der Waals surface area contributed by atoms with Crippen molar-refractivity contribution in [2.24, 2.45) is 0 Å². The maximum atomic E-state index is 13.4. The van der Waals surface area contributed by atoms with Crippen LogP contribution in [0.3, 0.4) is 0 Å². The smallest absolute Gasteiger partial charge is 0.251 e. The van der Waals surface area contributed by atoms with Crippen LogP contribution in [0.5, 0.6) is 5.75 Å². The molecular formula is C32H36N2O4. The summed E-state index contributed by atoms with van der Waals surface area (Å²) >= 11 is 0. The number of benzene rings is 2. The number of carbonyl (C=O) groups excluding carboxylic acids is 1. The number of aromatic nitrogens is 1. The molecule has 6 heteroatoms. The molecule has 1 aromatic heterocycles. The molecule has 1 saturated heterocycles. The molecule has 2 aliphatic rings. The maximum Gasteiger partial charge on any atom is 0.251 e. The molecular weight excluding hydrogens is 476 g/mol. The van der Waals surface area contributed by atoms with Gasteiger partial charge in [0.05, 0.1) is 13.2 Å². The number of aryl methyl sites for hydroxylation is 2. The molecule has 0 spiro atoms. The van der Waals surface area contributed by atoms with Crippen LogP contribution in [0, 0.1) is 13.8 Å². The minimum absolute atomic E-state index is 0.0181. The second kappa shape index (κ2) is 10.7. The lowest BCUT2D eigenvalue weighted by Gasteiger charge is -2.26. The predicted molar refractivity (Wildman–Crippen MR) is 150 cm³/mol. The average Bonchev–Trinajstić information content (AvgIpc) is 3.25. The predicted octanol–water partition coefficient (Wildman–Crippen LogP) is 5.19. The summed E-state index contributed by atoms with van der Waals surface area (Å²) in [7, 11) is 0. The first-order chi connectivity index (χ1) is 18.2. The van der Waals surface area contributed by atoms with Crippen LogP contribution in [-0.4, -0.2) is 47.6 Å². The lowest BCUT2D eigenvalue weighted by atomic mass is 9.92. The molecule has 1 unspecified atom stereocenters. The highest BCUT2D eigenvalue weighted by Gasteiger charge is 2.34. The molecule has 198 valence electrons. The zero-order valence-electron chi connectivity index (χ0n) is 22.6. The largest absolute Gasteiger partial charge is 0.482 e. The number of H-pyrrole nitrogens is 1. The highest BCUT2D eigenvalue weighted by molar-refractivity contribution is 5.98. The molecule has 0 saturated carbocycles. The lowest BCUT2D eigenvalue weighted by Crippen LogP contribution is -2.35. The number of rotatable bonds is 8. The molecule has 0 aliphatic carbocycles. The third kappa shape index (κ3) is 5.52. The Balaban J connectivity index is 1.42. The number of ether oxygens (including phenoxy) is 2. The monoisotopic (exact) mass is 512 g/mol. The Bertz CT molecular complexity index is 1420. The maximum absolute atomic E-state index is 13.4. The first-order valence-electron chi connectivity index (χ1n) is 13.4. The summed E-state index contributed by atoms with van der Waals surface area (Å²) in [5, 5.41) is 0. The molecule has 2 aliphatic heterocycles. The van der Waals surface area contributed by atoms with E-state index in [-0.39, 0.29) is 17.8 Å². The standard InChI is InChI=1S/C32H36N2O4/c1-5-32(4)19-26-17-25(29(35)11-10-27-21(2)16-22(3)33-31(27)36)18-28(30(26)38-32)24-8-6-23(7-9-24)20-34-12-14-37-15-13-34/h5-9,16-18H,1,10-15,19-20H2,2-4H3,(H,33,36). The fraction of sp³-hybridized carbons (Fsp3) is 0.375. The molecule has 1 atom stereocenters. The third-order valence-corrected chi connectivity index (χ3v) is 7.67. The molecule has 3 heterocycles. The SMILES string of the molecule is C=CC1(C)Cc2cc(C(=O)CCc3c(C)cc(C)[nH]c3=O)cc(-c3ccc(CN4CCOCC4)cc3)c2O1. The zero-order valence-corrected chi connectivity index (χ0v) is 22.6. The van der Waals surface area contributed by atoms with Gasteiger partial charge in [-0.3, -0.25) is 14.5 Å². The molecule has 2 aromatic carbocycles. The molecule has 6 nitrogen and oxygen atoms in total. The van der Waals surface area contributed by atoms with E-state index in [4.69, 9.17) is 9.47 Å². The summed E-state index contributed by atoms with van der Waals surface area (Å²) < 4.78 is 11.9. The van der Waals surface area contributed by atoms with Gasteiger partial charge in [0, 0.05) is 54.9 Å². The number of Topliss-reactive ketones (excluding diaryl/α,β-unsaturated/α-hetero) is 1. The Hall–Kier alpha value is -3.48. The zero-order chi connectivity index (χ0) is 26.9. The fourth-order valence-corrected chi connectivity index (χ4v) is 5.46. The second-order valence-corrected chi connectivity index (χ2v) is 10.8. The minimum Gasteiger partial charge on any atom is -0.482 e. The van der Waals surface area contributed by atoms with E-state index in [1.54, 1.807) is 0 Å².